The Kier molecular flexibility index (Phi) is 3.53. The summed E-state index contributed by atoms with van der Waals surface area (Å²) in [6.07, 6.45) is 0.679. The van der Waals surface area contributed by atoms with Crippen molar-refractivity contribution in [2.45, 2.75) is 25.7 Å². The molecule has 0 saturated heterocycles. The second kappa shape index (κ2) is 4.37. The first-order valence-electron chi connectivity index (χ1n) is 5.03. The third-order valence-electron chi connectivity index (χ3n) is 2.26. The van der Waals surface area contributed by atoms with Gasteiger partial charge in [-0.25, -0.2) is 8.42 Å². The van der Waals surface area contributed by atoms with E-state index in [1.807, 2.05) is 6.92 Å². The lowest BCUT2D eigenvalue weighted by Crippen LogP contribution is -2.25. The quantitative estimate of drug-likeness (QED) is 0.756. The topological polar surface area (TPSA) is 51.2 Å². The second-order valence-corrected chi connectivity index (χ2v) is 6.67. The highest BCUT2D eigenvalue weighted by atomic mass is 32.2. The number of carbonyl (C=O) groups is 1. The molecule has 0 atom stereocenters. The van der Waals surface area contributed by atoms with Gasteiger partial charge in [0.1, 0.15) is 6.29 Å². The second-order valence-electron chi connectivity index (χ2n) is 4.68. The molecule has 88 valence electrons. The van der Waals surface area contributed by atoms with E-state index in [9.17, 15) is 13.2 Å². The van der Waals surface area contributed by atoms with Crippen molar-refractivity contribution < 1.29 is 13.2 Å². The summed E-state index contributed by atoms with van der Waals surface area (Å²) in [7, 11) is -3.38. The van der Waals surface area contributed by atoms with Crippen LogP contribution in [0, 0.1) is 12.3 Å². The molecule has 4 heteroatoms. The molecule has 1 rings (SSSR count). The smallest absolute Gasteiger partial charge is 0.179 e. The molecule has 0 aliphatic rings. The normalized spacial score (nSPS) is 12.4. The van der Waals surface area contributed by atoms with Crippen molar-refractivity contribution in [2.75, 3.05) is 5.75 Å². The van der Waals surface area contributed by atoms with Crippen LogP contribution < -0.4 is 0 Å². The van der Waals surface area contributed by atoms with Crippen molar-refractivity contribution in [3.8, 4) is 0 Å². The maximum absolute atomic E-state index is 12.0. The Bertz CT molecular complexity index is 469. The zero-order chi connectivity index (χ0) is 12.4. The summed E-state index contributed by atoms with van der Waals surface area (Å²) in [6, 6.07) is 6.65. The van der Waals surface area contributed by atoms with Crippen molar-refractivity contribution in [3.05, 3.63) is 29.8 Å². The van der Waals surface area contributed by atoms with Gasteiger partial charge < -0.3 is 4.79 Å². The molecule has 16 heavy (non-hydrogen) atoms. The van der Waals surface area contributed by atoms with E-state index < -0.39 is 15.3 Å². The molecule has 0 unspecified atom stereocenters. The monoisotopic (exact) mass is 240 g/mol. The fraction of sp³-hybridized carbons (Fsp3) is 0.417. The van der Waals surface area contributed by atoms with Crippen molar-refractivity contribution >= 4 is 16.1 Å². The molecule has 0 radical (unpaired) electrons. The summed E-state index contributed by atoms with van der Waals surface area (Å²) in [4.78, 5) is 11.0. The maximum Gasteiger partial charge on any atom is 0.179 e. The molecule has 0 fully saturated rings. The van der Waals surface area contributed by atoms with Gasteiger partial charge in [-0.2, -0.15) is 0 Å². The van der Waals surface area contributed by atoms with Gasteiger partial charge in [0.15, 0.2) is 9.84 Å². The predicted molar refractivity (Wildman–Crippen MR) is 63.1 cm³/mol. The van der Waals surface area contributed by atoms with E-state index in [1.54, 1.807) is 38.1 Å². The fourth-order valence-electron chi connectivity index (χ4n) is 1.35. The summed E-state index contributed by atoms with van der Waals surface area (Å²) in [6.45, 7) is 5.13. The average molecular weight is 240 g/mol. The minimum Gasteiger partial charge on any atom is -0.303 e. The third-order valence-corrected chi connectivity index (χ3v) is 4.38. The largest absolute Gasteiger partial charge is 0.303 e. The number of rotatable bonds is 4. The van der Waals surface area contributed by atoms with Crippen LogP contribution in [-0.4, -0.2) is 20.5 Å². The molecular formula is C12H16O3S. The van der Waals surface area contributed by atoms with Gasteiger partial charge in [-0.3, -0.25) is 0 Å². The van der Waals surface area contributed by atoms with Crippen LogP contribution in [0.5, 0.6) is 0 Å². The number of aldehydes is 1. The summed E-state index contributed by atoms with van der Waals surface area (Å²) >= 11 is 0. The molecule has 0 aliphatic heterocycles. The van der Waals surface area contributed by atoms with E-state index in [4.69, 9.17) is 0 Å². The van der Waals surface area contributed by atoms with E-state index in [0.717, 1.165) is 5.56 Å². The lowest BCUT2D eigenvalue weighted by Gasteiger charge is -2.16. The number of sulfone groups is 1. The number of aryl methyl sites for hydroxylation is 1. The fourth-order valence-corrected chi connectivity index (χ4v) is 3.12. The molecule has 3 nitrogen and oxygen atoms in total. The number of carbonyl (C=O) groups excluding carboxylic acids is 1. The van der Waals surface area contributed by atoms with E-state index in [2.05, 4.69) is 0 Å². The molecule has 1 aromatic rings. The lowest BCUT2D eigenvalue weighted by molar-refractivity contribution is -0.113. The van der Waals surface area contributed by atoms with Crippen LogP contribution in [-0.2, 0) is 14.6 Å². The molecule has 0 heterocycles. The molecule has 1 aromatic carbocycles. The number of hydrogen-bond acceptors (Lipinski definition) is 3. The van der Waals surface area contributed by atoms with Gasteiger partial charge >= 0.3 is 0 Å². The molecular weight excluding hydrogens is 224 g/mol. The molecule has 0 amide bonds. The van der Waals surface area contributed by atoms with E-state index >= 15 is 0 Å². The van der Waals surface area contributed by atoms with Crippen LogP contribution in [0.3, 0.4) is 0 Å². The van der Waals surface area contributed by atoms with E-state index in [0.29, 0.717) is 6.29 Å². The van der Waals surface area contributed by atoms with E-state index in [1.165, 1.54) is 0 Å². The Hall–Kier alpha value is -1.16. The van der Waals surface area contributed by atoms with Crippen molar-refractivity contribution in [3.63, 3.8) is 0 Å². The van der Waals surface area contributed by atoms with Crippen LogP contribution in [0.15, 0.2) is 29.2 Å². The predicted octanol–water partition coefficient (Wildman–Crippen LogP) is 1.99. The minimum atomic E-state index is -3.38. The molecule has 0 N–H and O–H groups in total. The summed E-state index contributed by atoms with van der Waals surface area (Å²) < 4.78 is 23.9. The van der Waals surface area contributed by atoms with Crippen LogP contribution in [0.1, 0.15) is 19.4 Å². The standard InChI is InChI=1S/C12H16O3S/c1-10-4-6-11(7-5-10)16(14,15)9-12(2,3)8-13/h4-8H,9H2,1-3H3. The number of hydrogen-bond donors (Lipinski definition) is 0. The molecule has 0 saturated carbocycles. The van der Waals surface area contributed by atoms with Crippen molar-refractivity contribution in [2.24, 2.45) is 5.41 Å². The highest BCUT2D eigenvalue weighted by molar-refractivity contribution is 7.91. The first kappa shape index (κ1) is 12.9. The summed E-state index contributed by atoms with van der Waals surface area (Å²) in [5.41, 5.74) is 0.164. The zero-order valence-corrected chi connectivity index (χ0v) is 10.5. The molecule has 0 bridgehead atoms. The SMILES string of the molecule is Cc1ccc(S(=O)(=O)CC(C)(C)C=O)cc1. The van der Waals surface area contributed by atoms with Gasteiger partial charge in [-0.15, -0.1) is 0 Å². The Labute approximate surface area is 96.4 Å². The van der Waals surface area contributed by atoms with Crippen LogP contribution in [0.25, 0.3) is 0 Å². The van der Waals surface area contributed by atoms with Crippen LogP contribution >= 0.6 is 0 Å². The van der Waals surface area contributed by atoms with Crippen molar-refractivity contribution in [1.29, 1.82) is 0 Å². The van der Waals surface area contributed by atoms with Gasteiger partial charge in [0.2, 0.25) is 0 Å². The molecule has 0 aliphatic carbocycles. The maximum atomic E-state index is 12.0. The van der Waals surface area contributed by atoms with Gasteiger partial charge in [-0.1, -0.05) is 31.5 Å². The molecule has 0 aromatic heterocycles. The lowest BCUT2D eigenvalue weighted by atomic mass is 10.00. The summed E-state index contributed by atoms with van der Waals surface area (Å²) in [5.74, 6) is -0.160. The minimum absolute atomic E-state index is 0.160. The van der Waals surface area contributed by atoms with Gasteiger partial charge in [0, 0.05) is 5.41 Å². The van der Waals surface area contributed by atoms with Crippen molar-refractivity contribution in [1.82, 2.24) is 0 Å². The first-order chi connectivity index (χ1) is 7.27. The Morgan fingerprint density at radius 2 is 1.69 bits per heavy atom. The highest BCUT2D eigenvalue weighted by Crippen LogP contribution is 2.20. The van der Waals surface area contributed by atoms with E-state index in [-0.39, 0.29) is 10.6 Å². The molecule has 0 spiro atoms. The summed E-state index contributed by atoms with van der Waals surface area (Å²) in [5, 5.41) is 0. The highest BCUT2D eigenvalue weighted by Gasteiger charge is 2.26. The first-order valence-corrected chi connectivity index (χ1v) is 6.68. The average Bonchev–Trinajstić information content (AvgIpc) is 2.17. The third kappa shape index (κ3) is 3.17. The van der Waals surface area contributed by atoms with Crippen LogP contribution in [0.4, 0.5) is 0 Å². The van der Waals surface area contributed by atoms with Gasteiger partial charge in [0.05, 0.1) is 10.6 Å². The Morgan fingerprint density at radius 1 is 1.19 bits per heavy atom. The zero-order valence-electron chi connectivity index (χ0n) is 9.73. The van der Waals surface area contributed by atoms with Gasteiger partial charge in [-0.05, 0) is 19.1 Å². The Balaban J connectivity index is 3.04. The van der Waals surface area contributed by atoms with Crippen LogP contribution in [0.2, 0.25) is 0 Å². The Morgan fingerprint density at radius 3 is 2.12 bits per heavy atom. The number of benzene rings is 1. The van der Waals surface area contributed by atoms with Gasteiger partial charge in [0.25, 0.3) is 0 Å².